The zero-order valence-corrected chi connectivity index (χ0v) is 13.9. The molecule has 5 nitrogen and oxygen atoms in total. The molecule has 3 aromatic rings. The number of aromatic nitrogens is 1. The van der Waals surface area contributed by atoms with Gasteiger partial charge >= 0.3 is 0 Å². The molecule has 0 spiro atoms. The maximum absolute atomic E-state index is 12.2. The van der Waals surface area contributed by atoms with E-state index in [-0.39, 0.29) is 5.91 Å². The van der Waals surface area contributed by atoms with Crippen molar-refractivity contribution in [1.82, 2.24) is 4.98 Å². The van der Waals surface area contributed by atoms with Crippen LogP contribution < -0.4 is 10.6 Å². The molecule has 0 saturated carbocycles. The van der Waals surface area contributed by atoms with Gasteiger partial charge in [0, 0.05) is 11.2 Å². The zero-order valence-electron chi connectivity index (χ0n) is 12.4. The van der Waals surface area contributed by atoms with E-state index >= 15 is 0 Å². The Bertz CT molecular complexity index is 834. The van der Waals surface area contributed by atoms with Crippen molar-refractivity contribution in [2.45, 2.75) is 6.54 Å². The number of hydrogen-bond donors (Lipinski definition) is 2. The molecular weight excluding hydrogens is 349 g/mol. The monoisotopic (exact) mass is 361 g/mol. The van der Waals surface area contributed by atoms with E-state index in [0.717, 1.165) is 5.76 Å². The number of pyridine rings is 1. The molecule has 0 radical (unpaired) electrons. The summed E-state index contributed by atoms with van der Waals surface area (Å²) in [5, 5.41) is 6.72. The van der Waals surface area contributed by atoms with Gasteiger partial charge in [-0.05, 0) is 42.5 Å². The lowest BCUT2D eigenvalue weighted by molar-refractivity contribution is 0.102. The molecule has 0 aliphatic heterocycles. The molecule has 2 N–H and O–H groups in total. The van der Waals surface area contributed by atoms with Crippen molar-refractivity contribution >= 4 is 40.6 Å². The van der Waals surface area contributed by atoms with Crippen LogP contribution >= 0.6 is 23.2 Å². The molecule has 1 amide bonds. The van der Waals surface area contributed by atoms with Gasteiger partial charge in [-0.2, -0.15) is 0 Å². The second kappa shape index (κ2) is 7.38. The Morgan fingerprint density at radius 1 is 1.17 bits per heavy atom. The maximum atomic E-state index is 12.2. The van der Waals surface area contributed by atoms with Gasteiger partial charge in [-0.1, -0.05) is 23.2 Å². The minimum absolute atomic E-state index is 0.316. The van der Waals surface area contributed by atoms with Gasteiger partial charge in [0.1, 0.15) is 11.6 Å². The maximum Gasteiger partial charge on any atom is 0.257 e. The van der Waals surface area contributed by atoms with E-state index in [1.165, 1.54) is 6.20 Å². The Morgan fingerprint density at radius 3 is 2.75 bits per heavy atom. The second-order valence-electron chi connectivity index (χ2n) is 4.94. The fourth-order valence-corrected chi connectivity index (χ4v) is 2.35. The molecule has 0 atom stereocenters. The zero-order chi connectivity index (χ0) is 16.9. The molecule has 24 heavy (non-hydrogen) atoms. The number of amides is 1. The van der Waals surface area contributed by atoms with Crippen LogP contribution in [0.2, 0.25) is 10.0 Å². The van der Waals surface area contributed by atoms with Crippen LogP contribution in [0.1, 0.15) is 16.1 Å². The van der Waals surface area contributed by atoms with Crippen molar-refractivity contribution in [3.05, 3.63) is 76.3 Å². The smallest absolute Gasteiger partial charge is 0.257 e. The predicted molar refractivity (Wildman–Crippen MR) is 94.7 cm³/mol. The third-order valence-electron chi connectivity index (χ3n) is 3.23. The van der Waals surface area contributed by atoms with Crippen LogP contribution in [0.3, 0.4) is 0 Å². The van der Waals surface area contributed by atoms with Crippen molar-refractivity contribution in [1.29, 1.82) is 0 Å². The van der Waals surface area contributed by atoms with Gasteiger partial charge in [0.2, 0.25) is 0 Å². The van der Waals surface area contributed by atoms with Crippen molar-refractivity contribution in [2.75, 3.05) is 10.6 Å². The van der Waals surface area contributed by atoms with Gasteiger partial charge in [0.05, 0.1) is 29.1 Å². The minimum Gasteiger partial charge on any atom is -0.467 e. The van der Waals surface area contributed by atoms with Crippen LogP contribution in [-0.4, -0.2) is 10.9 Å². The standard InChI is InChI=1S/C17H13Cl2N3O2/c18-12-4-5-14(19)15(8-12)22-17(23)11-3-6-16(20-9-11)21-10-13-2-1-7-24-13/h1-9H,10H2,(H,20,21)(H,22,23). The highest BCUT2D eigenvalue weighted by atomic mass is 35.5. The summed E-state index contributed by atoms with van der Waals surface area (Å²) in [6.45, 7) is 0.518. The molecule has 2 heterocycles. The third-order valence-corrected chi connectivity index (χ3v) is 3.79. The number of furan rings is 1. The van der Waals surface area contributed by atoms with Crippen molar-refractivity contribution in [2.24, 2.45) is 0 Å². The summed E-state index contributed by atoms with van der Waals surface area (Å²) >= 11 is 11.9. The predicted octanol–water partition coefficient (Wildman–Crippen LogP) is 4.85. The lowest BCUT2D eigenvalue weighted by atomic mass is 10.2. The van der Waals surface area contributed by atoms with Gasteiger partial charge in [-0.3, -0.25) is 4.79 Å². The van der Waals surface area contributed by atoms with E-state index in [1.54, 1.807) is 36.6 Å². The van der Waals surface area contributed by atoms with Gasteiger partial charge in [-0.25, -0.2) is 4.98 Å². The van der Waals surface area contributed by atoms with Crippen LogP contribution in [0.15, 0.2) is 59.3 Å². The van der Waals surface area contributed by atoms with E-state index in [9.17, 15) is 4.79 Å². The molecule has 0 aliphatic rings. The van der Waals surface area contributed by atoms with Crippen molar-refractivity contribution in [3.8, 4) is 0 Å². The van der Waals surface area contributed by atoms with E-state index in [2.05, 4.69) is 15.6 Å². The minimum atomic E-state index is -0.316. The summed E-state index contributed by atoms with van der Waals surface area (Å²) < 4.78 is 5.23. The van der Waals surface area contributed by atoms with Crippen LogP contribution in [0.4, 0.5) is 11.5 Å². The summed E-state index contributed by atoms with van der Waals surface area (Å²) in [4.78, 5) is 16.5. The Balaban J connectivity index is 1.64. The third kappa shape index (κ3) is 4.07. The Hall–Kier alpha value is -2.50. The number of halogens is 2. The van der Waals surface area contributed by atoms with Crippen LogP contribution in [0, 0.1) is 0 Å². The lowest BCUT2D eigenvalue weighted by Gasteiger charge is -2.08. The van der Waals surface area contributed by atoms with Crippen LogP contribution in [-0.2, 0) is 6.54 Å². The van der Waals surface area contributed by atoms with Crippen molar-refractivity contribution < 1.29 is 9.21 Å². The highest BCUT2D eigenvalue weighted by Gasteiger charge is 2.10. The first-order valence-corrected chi connectivity index (χ1v) is 7.86. The first-order chi connectivity index (χ1) is 11.6. The van der Waals surface area contributed by atoms with Gasteiger partial charge in [0.15, 0.2) is 0 Å². The molecular formula is C17H13Cl2N3O2. The highest BCUT2D eigenvalue weighted by molar-refractivity contribution is 6.35. The number of nitrogens with one attached hydrogen (secondary N) is 2. The number of carbonyl (C=O) groups is 1. The Kier molecular flexibility index (Phi) is 5.03. The molecule has 122 valence electrons. The number of benzene rings is 1. The molecule has 2 aromatic heterocycles. The van der Waals surface area contributed by atoms with Gasteiger partial charge in [-0.15, -0.1) is 0 Å². The molecule has 0 unspecified atom stereocenters. The molecule has 0 saturated heterocycles. The summed E-state index contributed by atoms with van der Waals surface area (Å²) in [5.41, 5.74) is 0.865. The summed E-state index contributed by atoms with van der Waals surface area (Å²) in [6, 6.07) is 11.9. The Morgan fingerprint density at radius 2 is 2.04 bits per heavy atom. The van der Waals surface area contributed by atoms with Crippen molar-refractivity contribution in [3.63, 3.8) is 0 Å². The molecule has 0 aliphatic carbocycles. The first-order valence-electron chi connectivity index (χ1n) is 7.10. The van der Waals surface area contributed by atoms with Crippen LogP contribution in [0.25, 0.3) is 0 Å². The Labute approximate surface area is 148 Å². The summed E-state index contributed by atoms with van der Waals surface area (Å²) in [5.74, 6) is 1.13. The topological polar surface area (TPSA) is 67.2 Å². The lowest BCUT2D eigenvalue weighted by Crippen LogP contribution is -2.13. The second-order valence-corrected chi connectivity index (χ2v) is 5.79. The quantitative estimate of drug-likeness (QED) is 0.681. The summed E-state index contributed by atoms with van der Waals surface area (Å²) in [6.07, 6.45) is 3.09. The van der Waals surface area contributed by atoms with E-state index in [0.29, 0.717) is 33.7 Å². The molecule has 3 rings (SSSR count). The molecule has 1 aromatic carbocycles. The van der Waals surface area contributed by atoms with E-state index in [1.807, 2.05) is 12.1 Å². The average Bonchev–Trinajstić information content (AvgIpc) is 3.10. The fourth-order valence-electron chi connectivity index (χ4n) is 2.01. The van der Waals surface area contributed by atoms with Gasteiger partial charge in [0.25, 0.3) is 5.91 Å². The normalized spacial score (nSPS) is 10.4. The van der Waals surface area contributed by atoms with Crippen LogP contribution in [0.5, 0.6) is 0 Å². The number of carbonyl (C=O) groups excluding carboxylic acids is 1. The SMILES string of the molecule is O=C(Nc1cc(Cl)ccc1Cl)c1ccc(NCc2ccco2)nc1. The largest absolute Gasteiger partial charge is 0.467 e. The average molecular weight is 362 g/mol. The fraction of sp³-hybridized carbons (Fsp3) is 0.0588. The molecule has 0 fully saturated rings. The number of nitrogens with zero attached hydrogens (tertiary/aromatic N) is 1. The number of anilines is 2. The summed E-state index contributed by atoms with van der Waals surface area (Å²) in [7, 11) is 0. The van der Waals surface area contributed by atoms with E-state index in [4.69, 9.17) is 27.6 Å². The molecule has 0 bridgehead atoms. The first kappa shape index (κ1) is 16.4. The number of rotatable bonds is 5. The highest BCUT2D eigenvalue weighted by Crippen LogP contribution is 2.25. The van der Waals surface area contributed by atoms with Gasteiger partial charge < -0.3 is 15.1 Å². The molecule has 7 heteroatoms. The van der Waals surface area contributed by atoms with E-state index < -0.39 is 0 Å². The number of hydrogen-bond acceptors (Lipinski definition) is 4.